The summed E-state index contributed by atoms with van der Waals surface area (Å²) in [5.74, 6) is -0.431. The summed E-state index contributed by atoms with van der Waals surface area (Å²) in [6.45, 7) is 8.51. The van der Waals surface area contributed by atoms with E-state index in [0.29, 0.717) is 48.9 Å². The van der Waals surface area contributed by atoms with Crippen LogP contribution in [0.15, 0.2) is 59.5 Å². The summed E-state index contributed by atoms with van der Waals surface area (Å²) in [6, 6.07) is 16.4. The van der Waals surface area contributed by atoms with Crippen LogP contribution in [-0.2, 0) is 29.5 Å². The Labute approximate surface area is 240 Å². The van der Waals surface area contributed by atoms with Crippen LogP contribution in [0, 0.1) is 0 Å². The molecule has 0 saturated carbocycles. The first-order valence-corrected chi connectivity index (χ1v) is 16.2. The summed E-state index contributed by atoms with van der Waals surface area (Å²) in [7, 11) is -3.55. The van der Waals surface area contributed by atoms with Crippen molar-refractivity contribution < 1.29 is 18.0 Å². The van der Waals surface area contributed by atoms with Crippen molar-refractivity contribution in [1.29, 1.82) is 0 Å². The minimum Gasteiger partial charge on any atom is -0.339 e. The van der Waals surface area contributed by atoms with Gasteiger partial charge in [0, 0.05) is 56.3 Å². The molecule has 2 aromatic carbocycles. The van der Waals surface area contributed by atoms with Gasteiger partial charge in [0.2, 0.25) is 10.0 Å². The van der Waals surface area contributed by atoms with Crippen LogP contribution in [-0.4, -0.2) is 67.1 Å². The number of hydrogen-bond donors (Lipinski definition) is 1. The average Bonchev–Trinajstić information content (AvgIpc) is 3.63. The highest BCUT2D eigenvalue weighted by molar-refractivity contribution is 7.89. The van der Waals surface area contributed by atoms with Gasteiger partial charge in [-0.2, -0.15) is 4.31 Å². The van der Waals surface area contributed by atoms with Crippen molar-refractivity contribution in [3.8, 4) is 0 Å². The SMILES string of the molecule is CCN(CC)C(=O)c1c(NC(=O)c2ccc(S(=O)(=O)N3CCCC3)cc2)sc2c1CCN(Cc1ccccc1)C2. The number of nitrogens with one attached hydrogen (secondary N) is 1. The Morgan fingerprint density at radius 2 is 1.62 bits per heavy atom. The van der Waals surface area contributed by atoms with Gasteiger partial charge in [-0.3, -0.25) is 14.5 Å². The Morgan fingerprint density at radius 3 is 2.27 bits per heavy atom. The zero-order valence-corrected chi connectivity index (χ0v) is 24.7. The topological polar surface area (TPSA) is 90.0 Å². The number of thiophene rings is 1. The first-order chi connectivity index (χ1) is 19.3. The van der Waals surface area contributed by atoms with Crippen LogP contribution in [0.3, 0.4) is 0 Å². The van der Waals surface area contributed by atoms with E-state index in [0.717, 1.165) is 42.8 Å². The molecule has 0 bridgehead atoms. The maximum absolute atomic E-state index is 13.6. The van der Waals surface area contributed by atoms with E-state index in [2.05, 4.69) is 22.3 Å². The molecule has 3 aromatic rings. The number of fused-ring (bicyclic) bond motifs is 1. The van der Waals surface area contributed by atoms with E-state index in [4.69, 9.17) is 0 Å². The van der Waals surface area contributed by atoms with Crippen LogP contribution in [0.1, 0.15) is 63.4 Å². The van der Waals surface area contributed by atoms with E-state index in [-0.39, 0.29) is 16.7 Å². The second kappa shape index (κ2) is 12.2. The highest BCUT2D eigenvalue weighted by Gasteiger charge is 2.31. The molecule has 212 valence electrons. The molecule has 0 spiro atoms. The van der Waals surface area contributed by atoms with Crippen molar-refractivity contribution in [2.45, 2.75) is 51.1 Å². The second-order valence-electron chi connectivity index (χ2n) is 10.2. The van der Waals surface area contributed by atoms with Crippen molar-refractivity contribution in [3.63, 3.8) is 0 Å². The molecule has 10 heteroatoms. The molecular formula is C30H36N4O4S2. The minimum atomic E-state index is -3.55. The standard InChI is InChI=1S/C30H36N4O4S2/c1-3-33(4-2)30(36)27-25-16-19-32(20-22-10-6-5-7-11-22)21-26(25)39-29(27)31-28(35)23-12-14-24(15-13-23)40(37,38)34-17-8-9-18-34/h5-7,10-15H,3-4,8-9,16-21H2,1-2H3,(H,31,35). The lowest BCUT2D eigenvalue weighted by Crippen LogP contribution is -2.33. The molecule has 1 saturated heterocycles. The van der Waals surface area contributed by atoms with E-state index in [9.17, 15) is 18.0 Å². The van der Waals surface area contributed by atoms with Crippen LogP contribution in [0.5, 0.6) is 0 Å². The predicted molar refractivity (Wildman–Crippen MR) is 158 cm³/mol. The fourth-order valence-corrected chi connectivity index (χ4v) is 8.24. The molecule has 1 N–H and O–H groups in total. The maximum Gasteiger partial charge on any atom is 0.257 e. The third kappa shape index (κ3) is 5.85. The number of carbonyl (C=O) groups excluding carboxylic acids is 2. The Hall–Kier alpha value is -3.05. The molecule has 2 amide bonds. The van der Waals surface area contributed by atoms with Crippen molar-refractivity contribution in [3.05, 3.63) is 81.7 Å². The van der Waals surface area contributed by atoms with Gasteiger partial charge < -0.3 is 10.2 Å². The summed E-state index contributed by atoms with van der Waals surface area (Å²) < 4.78 is 27.3. The Balaban J connectivity index is 1.39. The summed E-state index contributed by atoms with van der Waals surface area (Å²) in [6.07, 6.45) is 2.46. The van der Waals surface area contributed by atoms with Gasteiger partial charge in [-0.15, -0.1) is 11.3 Å². The predicted octanol–water partition coefficient (Wildman–Crippen LogP) is 4.83. The number of nitrogens with zero attached hydrogens (tertiary/aromatic N) is 3. The largest absolute Gasteiger partial charge is 0.339 e. The molecule has 0 unspecified atom stereocenters. The fraction of sp³-hybridized carbons (Fsp3) is 0.400. The first kappa shape index (κ1) is 28.5. The van der Waals surface area contributed by atoms with Crippen LogP contribution in [0.25, 0.3) is 0 Å². The van der Waals surface area contributed by atoms with Crippen LogP contribution < -0.4 is 5.32 Å². The van der Waals surface area contributed by atoms with Crippen molar-refractivity contribution in [2.75, 3.05) is 38.0 Å². The van der Waals surface area contributed by atoms with E-state index in [1.54, 1.807) is 17.0 Å². The Kier molecular flexibility index (Phi) is 8.70. The van der Waals surface area contributed by atoms with Crippen molar-refractivity contribution in [2.24, 2.45) is 0 Å². The molecule has 0 radical (unpaired) electrons. The monoisotopic (exact) mass is 580 g/mol. The number of sulfonamides is 1. The van der Waals surface area contributed by atoms with Gasteiger partial charge in [0.15, 0.2) is 0 Å². The molecular weight excluding hydrogens is 544 g/mol. The third-order valence-corrected chi connectivity index (χ3v) is 10.7. The first-order valence-electron chi connectivity index (χ1n) is 13.9. The minimum absolute atomic E-state index is 0.0682. The van der Waals surface area contributed by atoms with Crippen molar-refractivity contribution >= 4 is 38.2 Å². The number of carbonyl (C=O) groups is 2. The van der Waals surface area contributed by atoms with Crippen LogP contribution in [0.4, 0.5) is 5.00 Å². The van der Waals surface area contributed by atoms with Gasteiger partial charge in [-0.1, -0.05) is 30.3 Å². The van der Waals surface area contributed by atoms with E-state index in [1.165, 1.54) is 33.3 Å². The molecule has 2 aliphatic heterocycles. The number of amides is 2. The van der Waals surface area contributed by atoms with Gasteiger partial charge in [0.1, 0.15) is 5.00 Å². The summed E-state index contributed by atoms with van der Waals surface area (Å²) in [5, 5.41) is 3.56. The lowest BCUT2D eigenvalue weighted by molar-refractivity contribution is 0.0772. The van der Waals surface area contributed by atoms with Gasteiger partial charge >= 0.3 is 0 Å². The number of rotatable bonds is 9. The van der Waals surface area contributed by atoms with Gasteiger partial charge in [0.25, 0.3) is 11.8 Å². The van der Waals surface area contributed by atoms with Crippen molar-refractivity contribution in [1.82, 2.24) is 14.1 Å². The lowest BCUT2D eigenvalue weighted by Gasteiger charge is -2.28. The van der Waals surface area contributed by atoms with Gasteiger partial charge in [-0.25, -0.2) is 8.42 Å². The lowest BCUT2D eigenvalue weighted by atomic mass is 10.0. The number of anilines is 1. The van der Waals surface area contributed by atoms with E-state index >= 15 is 0 Å². The summed E-state index contributed by atoms with van der Waals surface area (Å²) >= 11 is 1.47. The van der Waals surface area contributed by atoms with Gasteiger partial charge in [-0.05, 0) is 68.5 Å². The molecule has 0 atom stereocenters. The highest BCUT2D eigenvalue weighted by Crippen LogP contribution is 2.38. The molecule has 8 nitrogen and oxygen atoms in total. The zero-order chi connectivity index (χ0) is 28.3. The number of hydrogen-bond acceptors (Lipinski definition) is 6. The smallest absolute Gasteiger partial charge is 0.257 e. The Morgan fingerprint density at radius 1 is 0.950 bits per heavy atom. The van der Waals surface area contributed by atoms with E-state index < -0.39 is 10.0 Å². The quantitative estimate of drug-likeness (QED) is 0.392. The van der Waals surface area contributed by atoms with Crippen LogP contribution in [0.2, 0.25) is 0 Å². The molecule has 1 fully saturated rings. The van der Waals surface area contributed by atoms with Crippen LogP contribution >= 0.6 is 11.3 Å². The Bertz CT molecular complexity index is 1460. The fourth-order valence-electron chi connectivity index (χ4n) is 5.45. The molecule has 3 heterocycles. The molecule has 40 heavy (non-hydrogen) atoms. The normalized spacial score (nSPS) is 16.1. The molecule has 5 rings (SSSR count). The molecule has 1 aromatic heterocycles. The summed E-state index contributed by atoms with van der Waals surface area (Å²) in [4.78, 5) is 32.4. The second-order valence-corrected chi connectivity index (χ2v) is 13.3. The molecule has 2 aliphatic rings. The summed E-state index contributed by atoms with van der Waals surface area (Å²) in [5.41, 5.74) is 3.20. The van der Waals surface area contributed by atoms with Gasteiger partial charge in [0.05, 0.1) is 10.5 Å². The highest BCUT2D eigenvalue weighted by atomic mass is 32.2. The molecule has 0 aliphatic carbocycles. The van der Waals surface area contributed by atoms with E-state index in [1.807, 2.05) is 32.0 Å². The third-order valence-electron chi connectivity index (χ3n) is 7.70. The maximum atomic E-state index is 13.6. The zero-order valence-electron chi connectivity index (χ0n) is 23.1. The average molecular weight is 581 g/mol. The number of benzene rings is 2.